The number of hydrogen-bond acceptors (Lipinski definition) is 3. The molecule has 1 aromatic rings. The number of ether oxygens (including phenoxy) is 1. The molecule has 0 radical (unpaired) electrons. The van der Waals surface area contributed by atoms with E-state index in [1.807, 2.05) is 18.2 Å². The van der Waals surface area contributed by atoms with E-state index in [0.29, 0.717) is 6.54 Å². The van der Waals surface area contributed by atoms with Crippen LogP contribution in [0.25, 0.3) is 0 Å². The van der Waals surface area contributed by atoms with Gasteiger partial charge >= 0.3 is 5.97 Å². The molecule has 0 amide bonds. The second-order valence-electron chi connectivity index (χ2n) is 3.37. The first-order valence-electron chi connectivity index (χ1n) is 5.32. The molecule has 0 atom stereocenters. The third-order valence-corrected chi connectivity index (χ3v) is 2.15. The van der Waals surface area contributed by atoms with Crippen LogP contribution in [0.1, 0.15) is 5.56 Å². The Morgan fingerprint density at radius 3 is 2.81 bits per heavy atom. The highest BCUT2D eigenvalue weighted by Crippen LogP contribution is 1.97. The minimum Gasteiger partial charge on any atom is -0.466 e. The Morgan fingerprint density at radius 1 is 1.38 bits per heavy atom. The molecule has 1 aromatic carbocycles. The fourth-order valence-electron chi connectivity index (χ4n) is 1.29. The van der Waals surface area contributed by atoms with Gasteiger partial charge in [0, 0.05) is 12.6 Å². The summed E-state index contributed by atoms with van der Waals surface area (Å²) in [6.45, 7) is 1.58. The molecule has 1 rings (SSSR count). The Labute approximate surface area is 96.1 Å². The van der Waals surface area contributed by atoms with Crippen LogP contribution in [0.3, 0.4) is 0 Å². The van der Waals surface area contributed by atoms with E-state index < -0.39 is 0 Å². The van der Waals surface area contributed by atoms with Crippen molar-refractivity contribution >= 4 is 5.97 Å². The monoisotopic (exact) mass is 219 g/mol. The van der Waals surface area contributed by atoms with Crippen molar-refractivity contribution in [2.75, 3.05) is 20.2 Å². The zero-order chi connectivity index (χ0) is 11.6. The van der Waals surface area contributed by atoms with Crippen molar-refractivity contribution in [3.63, 3.8) is 0 Å². The van der Waals surface area contributed by atoms with Gasteiger partial charge in [-0.2, -0.15) is 0 Å². The summed E-state index contributed by atoms with van der Waals surface area (Å²) in [5.74, 6) is -0.315. The minimum absolute atomic E-state index is 0.315. The summed E-state index contributed by atoms with van der Waals surface area (Å²) < 4.78 is 4.47. The number of methoxy groups -OCH3 is 1. The van der Waals surface area contributed by atoms with Gasteiger partial charge in [-0.25, -0.2) is 4.79 Å². The summed E-state index contributed by atoms with van der Waals surface area (Å²) in [6, 6.07) is 10.3. The molecule has 0 fully saturated rings. The lowest BCUT2D eigenvalue weighted by Crippen LogP contribution is -2.17. The molecule has 0 aliphatic heterocycles. The van der Waals surface area contributed by atoms with Gasteiger partial charge < -0.3 is 10.1 Å². The second kappa shape index (κ2) is 7.65. The molecule has 3 heteroatoms. The predicted octanol–water partition coefficient (Wildman–Crippen LogP) is 1.55. The molecule has 0 heterocycles. The Morgan fingerprint density at radius 2 is 2.12 bits per heavy atom. The molecule has 0 bridgehead atoms. The van der Waals surface area contributed by atoms with Crippen LogP contribution in [-0.4, -0.2) is 26.2 Å². The standard InChI is InChI=1S/C13H17NO2/c1-16-13(15)8-5-10-14-11-9-12-6-3-2-4-7-12/h2-8,14H,9-11H2,1H3/b8-5-. The van der Waals surface area contributed by atoms with E-state index in [2.05, 4.69) is 22.2 Å². The van der Waals surface area contributed by atoms with E-state index in [1.54, 1.807) is 6.08 Å². The van der Waals surface area contributed by atoms with Crippen molar-refractivity contribution in [2.24, 2.45) is 0 Å². The van der Waals surface area contributed by atoms with Crippen LogP contribution in [0.15, 0.2) is 42.5 Å². The normalized spacial score (nSPS) is 10.6. The van der Waals surface area contributed by atoms with Gasteiger partial charge in [0.1, 0.15) is 0 Å². The molecule has 0 aliphatic carbocycles. The number of carbonyl (C=O) groups is 1. The molecule has 0 saturated carbocycles. The van der Waals surface area contributed by atoms with Gasteiger partial charge in [-0.15, -0.1) is 0 Å². The van der Waals surface area contributed by atoms with Gasteiger partial charge in [-0.05, 0) is 18.5 Å². The smallest absolute Gasteiger partial charge is 0.330 e. The van der Waals surface area contributed by atoms with Gasteiger partial charge in [0.15, 0.2) is 0 Å². The van der Waals surface area contributed by atoms with Gasteiger partial charge in [0.25, 0.3) is 0 Å². The van der Waals surface area contributed by atoms with E-state index in [-0.39, 0.29) is 5.97 Å². The Balaban J connectivity index is 2.09. The van der Waals surface area contributed by atoms with Crippen LogP contribution in [0.5, 0.6) is 0 Å². The first kappa shape index (κ1) is 12.5. The number of rotatable bonds is 6. The molecule has 3 nitrogen and oxygen atoms in total. The lowest BCUT2D eigenvalue weighted by Gasteiger charge is -2.01. The maximum atomic E-state index is 10.7. The van der Waals surface area contributed by atoms with E-state index in [0.717, 1.165) is 13.0 Å². The van der Waals surface area contributed by atoms with E-state index in [1.165, 1.54) is 18.7 Å². The van der Waals surface area contributed by atoms with Crippen LogP contribution in [0.2, 0.25) is 0 Å². The zero-order valence-electron chi connectivity index (χ0n) is 9.48. The number of esters is 1. The maximum Gasteiger partial charge on any atom is 0.330 e. The molecule has 86 valence electrons. The summed E-state index contributed by atoms with van der Waals surface area (Å²) in [7, 11) is 1.37. The number of benzene rings is 1. The molecule has 0 spiro atoms. The Hall–Kier alpha value is -1.61. The topological polar surface area (TPSA) is 38.3 Å². The summed E-state index contributed by atoms with van der Waals surface area (Å²) >= 11 is 0. The molecule has 0 aromatic heterocycles. The summed E-state index contributed by atoms with van der Waals surface area (Å²) in [5.41, 5.74) is 1.31. The van der Waals surface area contributed by atoms with Gasteiger partial charge in [0.05, 0.1) is 7.11 Å². The van der Waals surface area contributed by atoms with E-state index in [4.69, 9.17) is 0 Å². The van der Waals surface area contributed by atoms with Crippen LogP contribution < -0.4 is 5.32 Å². The summed E-state index contributed by atoms with van der Waals surface area (Å²) in [5, 5.41) is 3.22. The quantitative estimate of drug-likeness (QED) is 0.448. The van der Waals surface area contributed by atoms with Gasteiger partial charge in [-0.1, -0.05) is 36.4 Å². The second-order valence-corrected chi connectivity index (χ2v) is 3.37. The third-order valence-electron chi connectivity index (χ3n) is 2.15. The SMILES string of the molecule is COC(=O)/C=C\CNCCc1ccccc1. The van der Waals surface area contributed by atoms with Crippen LogP contribution in [-0.2, 0) is 16.0 Å². The molecular weight excluding hydrogens is 202 g/mol. The highest BCUT2D eigenvalue weighted by atomic mass is 16.5. The Bertz CT molecular complexity index is 333. The number of nitrogens with one attached hydrogen (secondary N) is 1. The molecule has 16 heavy (non-hydrogen) atoms. The zero-order valence-corrected chi connectivity index (χ0v) is 9.48. The first-order valence-corrected chi connectivity index (χ1v) is 5.32. The van der Waals surface area contributed by atoms with Gasteiger partial charge in [0.2, 0.25) is 0 Å². The predicted molar refractivity (Wildman–Crippen MR) is 64.2 cm³/mol. The molecule has 0 aliphatic rings. The van der Waals surface area contributed by atoms with Gasteiger partial charge in [-0.3, -0.25) is 0 Å². The maximum absolute atomic E-state index is 10.7. The van der Waals surface area contributed by atoms with Crippen molar-refractivity contribution < 1.29 is 9.53 Å². The third kappa shape index (κ3) is 5.32. The highest BCUT2D eigenvalue weighted by molar-refractivity contribution is 5.81. The summed E-state index contributed by atoms with van der Waals surface area (Å²) in [4.78, 5) is 10.7. The van der Waals surface area contributed by atoms with Crippen LogP contribution in [0, 0.1) is 0 Å². The summed E-state index contributed by atoms with van der Waals surface area (Å²) in [6.07, 6.45) is 4.18. The van der Waals surface area contributed by atoms with Crippen molar-refractivity contribution in [1.29, 1.82) is 0 Å². The molecular formula is C13H17NO2. The van der Waals surface area contributed by atoms with Crippen molar-refractivity contribution in [2.45, 2.75) is 6.42 Å². The van der Waals surface area contributed by atoms with Crippen molar-refractivity contribution in [3.8, 4) is 0 Å². The van der Waals surface area contributed by atoms with E-state index in [9.17, 15) is 4.79 Å². The van der Waals surface area contributed by atoms with Crippen molar-refractivity contribution in [1.82, 2.24) is 5.32 Å². The average molecular weight is 219 g/mol. The Kier molecular flexibility index (Phi) is 5.96. The largest absolute Gasteiger partial charge is 0.466 e. The fourth-order valence-corrected chi connectivity index (χ4v) is 1.29. The molecule has 1 N–H and O–H groups in total. The number of hydrogen-bond donors (Lipinski definition) is 1. The highest BCUT2D eigenvalue weighted by Gasteiger charge is 1.91. The van der Waals surface area contributed by atoms with Crippen molar-refractivity contribution in [3.05, 3.63) is 48.0 Å². The molecule has 0 saturated heterocycles. The lowest BCUT2D eigenvalue weighted by atomic mass is 10.1. The first-order chi connectivity index (χ1) is 7.83. The lowest BCUT2D eigenvalue weighted by molar-refractivity contribution is -0.134. The average Bonchev–Trinajstić information content (AvgIpc) is 2.34. The fraction of sp³-hybridized carbons (Fsp3) is 0.308. The van der Waals surface area contributed by atoms with E-state index >= 15 is 0 Å². The number of carbonyl (C=O) groups excluding carboxylic acids is 1. The van der Waals surface area contributed by atoms with Crippen LogP contribution in [0.4, 0.5) is 0 Å². The molecule has 0 unspecified atom stereocenters. The van der Waals surface area contributed by atoms with Crippen LogP contribution >= 0.6 is 0 Å². The minimum atomic E-state index is -0.315.